The van der Waals surface area contributed by atoms with Gasteiger partial charge in [-0.05, 0) is 194 Å². The number of ether oxygens (including phenoxy) is 3. The molecule has 1 atom stereocenters. The van der Waals surface area contributed by atoms with Gasteiger partial charge in [0.25, 0.3) is 0 Å². The Morgan fingerprint density at radius 2 is 0.719 bits per heavy atom. The van der Waals surface area contributed by atoms with E-state index in [1.54, 1.807) is 54.6 Å². The minimum absolute atomic E-state index is 0.171. The van der Waals surface area contributed by atoms with Crippen molar-refractivity contribution in [1.29, 1.82) is 0 Å². The van der Waals surface area contributed by atoms with Crippen LogP contribution in [-0.4, -0.2) is 161 Å². The summed E-state index contributed by atoms with van der Waals surface area (Å²) in [6.45, 7) is 38.7. The van der Waals surface area contributed by atoms with Crippen LogP contribution in [0.25, 0.3) is 0 Å². The summed E-state index contributed by atoms with van der Waals surface area (Å²) in [6.07, 6.45) is 9.28. The zero-order valence-corrected chi connectivity index (χ0v) is 60.9. The number of aliphatic hydroxyl groups excluding tert-OH is 1. The monoisotopic (exact) mass is 1310 g/mol. The van der Waals surface area contributed by atoms with Crippen LogP contribution in [0.4, 0.5) is 0 Å². The van der Waals surface area contributed by atoms with Crippen molar-refractivity contribution in [2.45, 2.75) is 206 Å². The number of aryl methyl sites for hydroxylation is 4. The first-order valence-corrected chi connectivity index (χ1v) is 43.0. The third kappa shape index (κ3) is 36.5. The van der Waals surface area contributed by atoms with Crippen LogP contribution in [-0.2, 0) is 48.1 Å². The van der Waals surface area contributed by atoms with Crippen molar-refractivity contribution in [2.75, 3.05) is 46.2 Å². The van der Waals surface area contributed by atoms with Crippen LogP contribution in [0.3, 0.4) is 0 Å². The molecule has 0 aliphatic carbocycles. The summed E-state index contributed by atoms with van der Waals surface area (Å²) >= 11 is 0. The molecule has 0 aliphatic heterocycles. The van der Waals surface area contributed by atoms with Gasteiger partial charge < -0.3 is 57.6 Å². The zero-order valence-electron chi connectivity index (χ0n) is 56.9. The van der Waals surface area contributed by atoms with E-state index in [0.717, 1.165) is 73.6 Å². The van der Waals surface area contributed by atoms with E-state index in [1.807, 2.05) is 48.5 Å². The lowest BCUT2D eigenvalue weighted by molar-refractivity contribution is 0.0487. The molecule has 0 heterocycles. The Bertz CT molecular complexity index is 2670. The molecular formula is C69H112O16Si4. The minimum Gasteiger partial charge on any atom is -0.436 e. The average molecular weight is 1310 g/mol. The molecule has 1 unspecified atom stereocenters. The van der Waals surface area contributed by atoms with Crippen LogP contribution in [0, 0.1) is 0 Å². The molecule has 16 nitrogen and oxygen atoms in total. The van der Waals surface area contributed by atoms with Gasteiger partial charge in [-0.1, -0.05) is 110 Å². The molecule has 0 saturated heterocycles. The quantitative estimate of drug-likeness (QED) is 0.00967. The van der Waals surface area contributed by atoms with Crippen LogP contribution in [0.15, 0.2) is 110 Å². The summed E-state index contributed by atoms with van der Waals surface area (Å²) in [5.41, 5.74) is 1.55. The summed E-state index contributed by atoms with van der Waals surface area (Å²) in [5.74, 6) is -1.07. The second-order valence-corrected chi connectivity index (χ2v) is 43.2. The van der Waals surface area contributed by atoms with E-state index < -0.39 is 56.2 Å². The Balaban J connectivity index is 0.000000611. The number of ketones is 4. The molecule has 500 valence electrons. The van der Waals surface area contributed by atoms with Crippen LogP contribution in [0.1, 0.15) is 158 Å². The molecule has 20 heteroatoms. The van der Waals surface area contributed by atoms with Gasteiger partial charge in [-0.2, -0.15) is 0 Å². The fourth-order valence-corrected chi connectivity index (χ4v) is 21.9. The van der Waals surface area contributed by atoms with E-state index in [-0.39, 0.29) is 35.3 Å². The maximum absolute atomic E-state index is 12.1. The number of rotatable bonds is 36. The Hall–Kier alpha value is -4.31. The summed E-state index contributed by atoms with van der Waals surface area (Å²) < 4.78 is 30.0. The van der Waals surface area contributed by atoms with Crippen molar-refractivity contribution in [3.8, 4) is 0 Å². The van der Waals surface area contributed by atoms with Gasteiger partial charge in [0, 0.05) is 60.8 Å². The van der Waals surface area contributed by atoms with Gasteiger partial charge in [0.2, 0.25) is 0 Å². The largest absolute Gasteiger partial charge is 0.436 e. The van der Waals surface area contributed by atoms with Crippen molar-refractivity contribution in [3.63, 3.8) is 0 Å². The molecule has 0 fully saturated rings. The second kappa shape index (κ2) is 38.6. The molecular weight excluding hydrogens is 1200 g/mol. The summed E-state index contributed by atoms with van der Waals surface area (Å²) in [5, 5.41) is 47.5. The summed E-state index contributed by atoms with van der Waals surface area (Å²) in [7, 11) is -8.70. The SMILES string of the molecule is C=CCOCCCc1ccc(C(=O)C(C)(C)O)cc1.CC(C)(O)C(=O)c1ccc(CCCO)cc1.CC(C)(O)C(=O)c1ccc(CCCOCCC[Si](C)(O)O)cc1.CC(COCCCc1ccc(C(=O)C(C)(C)O)cc1)[Si](C)(O[Si](C)(C)C)O[Si](C)(C)C. The van der Waals surface area contributed by atoms with Crippen molar-refractivity contribution in [1.82, 2.24) is 0 Å². The van der Waals surface area contributed by atoms with Crippen LogP contribution in [0.5, 0.6) is 0 Å². The van der Waals surface area contributed by atoms with Crippen molar-refractivity contribution < 1.29 is 76.7 Å². The maximum Gasteiger partial charge on any atom is 0.329 e. The van der Waals surface area contributed by atoms with Gasteiger partial charge >= 0.3 is 17.1 Å². The van der Waals surface area contributed by atoms with Gasteiger partial charge in [-0.25, -0.2) is 0 Å². The molecule has 0 radical (unpaired) electrons. The molecule has 0 aromatic heterocycles. The highest BCUT2D eigenvalue weighted by Gasteiger charge is 2.45. The first-order chi connectivity index (χ1) is 40.9. The van der Waals surface area contributed by atoms with E-state index in [4.69, 9.17) is 27.5 Å². The molecule has 0 spiro atoms. The van der Waals surface area contributed by atoms with E-state index in [1.165, 1.54) is 61.9 Å². The Morgan fingerprint density at radius 3 is 0.978 bits per heavy atom. The minimum atomic E-state index is -2.93. The predicted octanol–water partition coefficient (Wildman–Crippen LogP) is 12.1. The molecule has 7 N–H and O–H groups in total. The standard InChI is InChI=1S/C23H44O5Si3.C17H28O5Si.C16H22O3.C13H18O3/c1-19(31(10,27-29(4,5)6)28-30(7,8)9)18-26-17-11-12-20-13-15-21(16-14-20)22(24)23(2,3)25;1-17(2,19)16(18)15-9-7-14(8-10-15)6-4-11-22-12-5-13-23(3,20)21;1-4-11-19-12-5-6-13-7-9-14(10-8-13)15(17)16(2,3)18;1-13(2,16)12(15)11-7-5-10(6-8-11)4-3-9-14/h13-16,19,25H,11-12,17-18H2,1-10H3;7-10,19-21H,4-6,11-13H2,1-3H3;4,7-10,18H,1,5-6,11-12H2,2-3H3;5-8,14,16H,3-4,9H2,1-2H3. The summed E-state index contributed by atoms with van der Waals surface area (Å²) in [6, 6.07) is 29.7. The number of Topliss-reactive ketones (excluding diaryl/α,β-unsaturated/α-hetero) is 4. The first-order valence-electron chi connectivity index (χ1n) is 31.2. The average Bonchev–Trinajstić information content (AvgIpc) is 2.36. The Kier molecular flexibility index (Phi) is 35.9. The number of carbonyl (C=O) groups is 4. The van der Waals surface area contributed by atoms with E-state index >= 15 is 0 Å². The first kappa shape index (κ1) is 82.7. The highest BCUT2D eigenvalue weighted by Crippen LogP contribution is 2.31. The molecule has 0 saturated carbocycles. The molecule has 0 amide bonds. The second-order valence-electron chi connectivity index (χ2n) is 27.2. The predicted molar refractivity (Wildman–Crippen MR) is 367 cm³/mol. The Morgan fingerprint density at radius 1 is 0.449 bits per heavy atom. The smallest absolute Gasteiger partial charge is 0.329 e. The number of hydrogen-bond donors (Lipinski definition) is 7. The van der Waals surface area contributed by atoms with Gasteiger partial charge in [0.05, 0.1) is 13.2 Å². The topological polar surface area (TPSA) is 256 Å². The molecule has 4 rings (SSSR count). The summed E-state index contributed by atoms with van der Waals surface area (Å²) in [4.78, 5) is 66.1. The molecule has 0 bridgehead atoms. The molecule has 4 aromatic carbocycles. The lowest BCUT2D eigenvalue weighted by atomic mass is 9.95. The zero-order chi connectivity index (χ0) is 68.1. The number of carbonyl (C=O) groups excluding carboxylic acids is 4. The van der Waals surface area contributed by atoms with Crippen LogP contribution in [0.2, 0.25) is 64.0 Å². The molecule has 4 aromatic rings. The van der Waals surface area contributed by atoms with E-state index in [2.05, 4.69) is 59.3 Å². The maximum atomic E-state index is 12.1. The molecule has 89 heavy (non-hydrogen) atoms. The van der Waals surface area contributed by atoms with Gasteiger partial charge in [0.1, 0.15) is 22.4 Å². The lowest BCUT2D eigenvalue weighted by Gasteiger charge is -2.41. The lowest BCUT2D eigenvalue weighted by Crippen LogP contribution is -2.55. The third-order valence-electron chi connectivity index (χ3n) is 13.4. The Labute approximate surface area is 537 Å². The van der Waals surface area contributed by atoms with Gasteiger partial charge in [-0.15, -0.1) is 6.58 Å². The molecule has 0 aliphatic rings. The number of aliphatic hydroxyl groups is 5. The fraction of sp³-hybridized carbons (Fsp3) is 0.565. The number of hydrogen-bond acceptors (Lipinski definition) is 16. The third-order valence-corrected chi connectivity index (χ3v) is 24.8. The normalized spacial score (nSPS) is 12.8. The number of benzene rings is 4. The van der Waals surface area contributed by atoms with Gasteiger partial charge in [-0.3, -0.25) is 19.2 Å². The van der Waals surface area contributed by atoms with Crippen molar-refractivity contribution >= 4 is 56.9 Å². The van der Waals surface area contributed by atoms with Crippen LogP contribution < -0.4 is 0 Å². The highest BCUT2D eigenvalue weighted by molar-refractivity contribution is 6.88. The highest BCUT2D eigenvalue weighted by atomic mass is 28.5. The van der Waals surface area contributed by atoms with Gasteiger partial charge in [0.15, 0.2) is 39.8 Å². The van der Waals surface area contributed by atoms with E-state index in [9.17, 15) is 49.2 Å². The van der Waals surface area contributed by atoms with Crippen LogP contribution >= 0.6 is 0 Å². The van der Waals surface area contributed by atoms with Crippen molar-refractivity contribution in [3.05, 3.63) is 154 Å². The van der Waals surface area contributed by atoms with E-state index in [0.29, 0.717) is 74.4 Å². The van der Waals surface area contributed by atoms with Crippen molar-refractivity contribution in [2.24, 2.45) is 0 Å². The fourth-order valence-electron chi connectivity index (χ4n) is 8.75.